The van der Waals surface area contributed by atoms with Gasteiger partial charge in [-0.2, -0.15) is 0 Å². The maximum Gasteiger partial charge on any atom is 0.329 e. The van der Waals surface area contributed by atoms with Gasteiger partial charge in [-0.25, -0.2) is 4.79 Å². The summed E-state index contributed by atoms with van der Waals surface area (Å²) in [4.78, 5) is 275. The SMILES string of the molecule is CCC/C=C/C=C\C(=O)N[C@@H](Cc1c[nH]c2cc(Cl)ccc12)C(=O)N[C@H](CC(N)=O)C(=O)N[C@@H](CC(=O)O)C(=O)NC1C(=O)NCC(=O)N[C@@H](CCCN)C(=O)NC(CC(=O)O)C(=O)N[C@H](C)C(=O)N[C@@H](CC(=O)O)C(=O)NCC(=O)N[C@H](C)C(=O)NC([C@H](C)CC(=O)O)C(=O)N[C@@H](CC(=O)c2ccc(Cl)cc2N)C(=O)OC1C. The molecule has 620 valence electrons. The quantitative estimate of drug-likeness (QED) is 0.00983. The molecule has 42 nitrogen and oxygen atoms in total. The van der Waals surface area contributed by atoms with Gasteiger partial charge in [0.1, 0.15) is 72.6 Å². The highest BCUT2D eigenvalue weighted by Crippen LogP contribution is 2.25. The smallest absolute Gasteiger partial charge is 0.329 e. The van der Waals surface area contributed by atoms with E-state index in [0.717, 1.165) is 52.3 Å². The van der Waals surface area contributed by atoms with Gasteiger partial charge in [0, 0.05) is 57.3 Å². The average molecular weight is 1640 g/mol. The molecule has 1 aromatic heterocycles. The van der Waals surface area contributed by atoms with Crippen molar-refractivity contribution < 1.29 is 121 Å². The second-order valence-corrected chi connectivity index (χ2v) is 27.0. The van der Waals surface area contributed by atoms with Crippen molar-refractivity contribution >= 4 is 158 Å². The standard InChI is InChI=1S/C70H91Cl2N17O25/c1-6-7-8-9-10-13-51(92)82-43(20-35-28-76-42-22-37(72)14-16-38(35)42)65(108)84-44(24-50(75)91)66(109)86-47(27-57(101)102)67(110)89-59-34(5)114-70(113)48(23-49(90)39-17-15-36(71)21-40(39)74)87-69(112)58(31(2)19-54(95)96)88-61(104)32(3)79-52(93)29-77-62(105)45(25-55(97)98)83-60(103)33(4)80-64(107)46(26-56(99)100)85-63(106)41(12-11-18-73)81-53(94)30-78-68(59)111/h8-10,13-17,21-22,28,31-34,41,43-48,58-59,76H,6-7,11-12,18-20,23-27,29-30,73-74H2,1-5H3,(H2,75,91)(H,77,105)(H,78,111)(H,79,93)(H,80,107)(H,81,94)(H,82,92)(H,83,103)(H,84,108)(H,85,106)(H,86,109)(H,87,112)(H,88,104)(H,89,110)(H,95,96)(H,97,98)(H,99,100)(H,101,102)/b9-8+,13-10-/t31-,32-,33-,34?,41+,43+,44-,45+,46?,47+,48+,58?,59?/m1/s1. The van der Waals surface area contributed by atoms with Crippen molar-refractivity contribution in [3.05, 3.63) is 88.1 Å². The number of primary amides is 1. The molecule has 4 unspecified atom stereocenters. The van der Waals surface area contributed by atoms with Gasteiger partial charge < -0.3 is 116 Å². The molecule has 2 heterocycles. The largest absolute Gasteiger partial charge is 0.481 e. The number of rotatable bonds is 30. The van der Waals surface area contributed by atoms with Gasteiger partial charge in [0.2, 0.25) is 82.7 Å². The fraction of sp³-hybridized carbons (Fsp3) is 0.457. The molecule has 0 radical (unpaired) electrons. The van der Waals surface area contributed by atoms with Crippen LogP contribution in [0.4, 0.5) is 5.69 Å². The Morgan fingerprint density at radius 1 is 0.596 bits per heavy atom. The predicted molar refractivity (Wildman–Crippen MR) is 399 cm³/mol. The number of hydrogen-bond acceptors (Lipinski definition) is 23. The molecule has 13 atom stereocenters. The lowest BCUT2D eigenvalue weighted by Crippen LogP contribution is -2.61. The number of ketones is 1. The number of fused-ring (bicyclic) bond motifs is 1. The number of aromatic amines is 1. The first kappa shape index (κ1) is 93.8. The van der Waals surface area contributed by atoms with E-state index in [-0.39, 0.29) is 35.7 Å². The van der Waals surface area contributed by atoms with E-state index >= 15 is 0 Å². The van der Waals surface area contributed by atoms with Crippen LogP contribution in [0.15, 0.2) is 66.9 Å². The molecular formula is C70H91Cl2N17O25. The number of Topliss-reactive ketones (excluding diaryl/α,β-unsaturated/α-hetero) is 1. The number of allylic oxidation sites excluding steroid dienone is 3. The van der Waals surface area contributed by atoms with Crippen molar-refractivity contribution in [1.82, 2.24) is 74.1 Å². The Hall–Kier alpha value is -12.6. The van der Waals surface area contributed by atoms with Crippen LogP contribution in [0, 0.1) is 5.92 Å². The molecule has 14 amide bonds. The van der Waals surface area contributed by atoms with E-state index in [0.29, 0.717) is 27.9 Å². The molecule has 0 spiro atoms. The second-order valence-electron chi connectivity index (χ2n) is 26.2. The van der Waals surface area contributed by atoms with Crippen LogP contribution in [-0.2, 0) is 102 Å². The summed E-state index contributed by atoms with van der Waals surface area (Å²) < 4.78 is 5.68. The first-order valence-corrected chi connectivity index (χ1v) is 36.0. The summed E-state index contributed by atoms with van der Waals surface area (Å²) >= 11 is 12.3. The van der Waals surface area contributed by atoms with Gasteiger partial charge in [-0.05, 0) is 88.4 Å². The molecular weight excluding hydrogens is 1550 g/mol. The third kappa shape index (κ3) is 31.3. The lowest BCUT2D eigenvalue weighted by atomic mass is 9.96. The third-order valence-electron chi connectivity index (χ3n) is 16.8. The number of nitrogens with two attached hydrogens (primary N) is 3. The first-order chi connectivity index (χ1) is 53.6. The zero-order valence-electron chi connectivity index (χ0n) is 62.1. The Balaban J connectivity index is 1.89. The topological polar surface area (TPSA) is 682 Å². The number of nitrogen functional groups attached to an aromatic ring is 1. The fourth-order valence-corrected chi connectivity index (χ4v) is 11.3. The average Bonchev–Trinajstić information content (AvgIpc) is 1.68. The number of amides is 14. The van der Waals surface area contributed by atoms with Crippen LogP contribution in [0.2, 0.25) is 10.0 Å². The highest BCUT2D eigenvalue weighted by molar-refractivity contribution is 6.31. The fourth-order valence-electron chi connectivity index (χ4n) is 10.9. The molecule has 0 saturated carbocycles. The summed E-state index contributed by atoms with van der Waals surface area (Å²) in [6.07, 6.45) is -1.21. The molecule has 0 aliphatic carbocycles. The van der Waals surface area contributed by atoms with Crippen LogP contribution in [-0.4, -0.2) is 236 Å². The number of carboxylic acid groups (broad SMARTS) is 4. The van der Waals surface area contributed by atoms with Gasteiger partial charge in [0.25, 0.3) is 0 Å². The number of unbranched alkanes of at least 4 members (excludes halogenated alkanes) is 1. The van der Waals surface area contributed by atoms with Crippen LogP contribution >= 0.6 is 23.2 Å². The van der Waals surface area contributed by atoms with E-state index in [2.05, 4.69) is 63.5 Å². The summed E-state index contributed by atoms with van der Waals surface area (Å²) in [5.74, 6) is -29.7. The number of hydrogen-bond donors (Lipinski definition) is 21. The Kier molecular flexibility index (Phi) is 37.6. The van der Waals surface area contributed by atoms with Crippen molar-refractivity contribution in [2.75, 3.05) is 25.4 Å². The van der Waals surface area contributed by atoms with Gasteiger partial charge in [-0.3, -0.25) is 91.1 Å². The number of cyclic esters (lactones) is 1. The van der Waals surface area contributed by atoms with Crippen LogP contribution in [0.1, 0.15) is 115 Å². The van der Waals surface area contributed by atoms with E-state index in [4.69, 9.17) is 45.1 Å². The molecule has 44 heteroatoms. The van der Waals surface area contributed by atoms with Crippen LogP contribution < -0.4 is 86.3 Å². The second kappa shape index (κ2) is 45.7. The van der Waals surface area contributed by atoms with E-state index in [1.807, 2.05) is 17.6 Å². The van der Waals surface area contributed by atoms with Crippen molar-refractivity contribution in [2.45, 2.75) is 178 Å². The minimum atomic E-state index is -2.46. The molecule has 2 aromatic carbocycles. The number of aromatic nitrogens is 1. The van der Waals surface area contributed by atoms with Crippen LogP contribution in [0.5, 0.6) is 0 Å². The minimum Gasteiger partial charge on any atom is -0.481 e. The zero-order chi connectivity index (χ0) is 85.4. The number of H-pyrrole nitrogens is 1. The number of anilines is 1. The summed E-state index contributed by atoms with van der Waals surface area (Å²) in [7, 11) is 0. The number of benzene rings is 2. The van der Waals surface area contributed by atoms with Gasteiger partial charge in [-0.15, -0.1) is 0 Å². The summed E-state index contributed by atoms with van der Waals surface area (Å²) in [6, 6.07) is -14.2. The number of carbonyl (C=O) groups is 20. The number of nitrogens with one attached hydrogen (secondary N) is 14. The maximum atomic E-state index is 14.8. The van der Waals surface area contributed by atoms with E-state index < -0.39 is 255 Å². The molecule has 1 aliphatic heterocycles. The molecule has 114 heavy (non-hydrogen) atoms. The number of aliphatic carboxylic acids is 4. The molecule has 3 aromatic rings. The summed E-state index contributed by atoms with van der Waals surface area (Å²) in [5, 5.41) is 68.6. The van der Waals surface area contributed by atoms with Gasteiger partial charge >= 0.3 is 29.8 Å². The minimum absolute atomic E-state index is 0.0125. The number of halogens is 2. The predicted octanol–water partition coefficient (Wildman–Crippen LogP) is -4.52. The molecule has 1 saturated heterocycles. The maximum absolute atomic E-state index is 14.8. The third-order valence-corrected chi connectivity index (χ3v) is 17.3. The summed E-state index contributed by atoms with van der Waals surface area (Å²) in [6.45, 7) is 3.43. The number of carboxylic acids is 4. The van der Waals surface area contributed by atoms with Gasteiger partial charge in [-0.1, -0.05) is 67.8 Å². The Morgan fingerprint density at radius 2 is 1.15 bits per heavy atom. The van der Waals surface area contributed by atoms with Crippen molar-refractivity contribution in [3.63, 3.8) is 0 Å². The van der Waals surface area contributed by atoms with Crippen LogP contribution in [0.3, 0.4) is 0 Å². The number of carbonyl (C=O) groups excluding carboxylic acids is 16. The molecule has 0 bridgehead atoms. The highest BCUT2D eigenvalue weighted by atomic mass is 35.5. The van der Waals surface area contributed by atoms with E-state index in [1.54, 1.807) is 30.4 Å². The monoisotopic (exact) mass is 1640 g/mol. The van der Waals surface area contributed by atoms with E-state index in [1.165, 1.54) is 18.3 Å². The molecule has 4 rings (SSSR count). The lowest BCUT2D eigenvalue weighted by molar-refractivity contribution is -0.156. The summed E-state index contributed by atoms with van der Waals surface area (Å²) in [5.41, 5.74) is 17.7. The Bertz CT molecular complexity index is 4210. The number of ether oxygens (including phenoxy) is 1. The van der Waals surface area contributed by atoms with Crippen molar-refractivity contribution in [1.29, 1.82) is 0 Å². The van der Waals surface area contributed by atoms with Gasteiger partial charge in [0.15, 0.2) is 5.78 Å². The van der Waals surface area contributed by atoms with E-state index in [9.17, 15) is 116 Å². The molecule has 1 fully saturated rings. The molecule has 24 N–H and O–H groups in total. The highest BCUT2D eigenvalue weighted by Gasteiger charge is 2.41. The first-order valence-electron chi connectivity index (χ1n) is 35.2. The zero-order valence-corrected chi connectivity index (χ0v) is 63.6. The van der Waals surface area contributed by atoms with Crippen LogP contribution in [0.25, 0.3) is 10.9 Å². The Labute approximate surface area is 659 Å². The normalized spacial score (nSPS) is 21.4. The molecule has 1 aliphatic rings. The van der Waals surface area contributed by atoms with Crippen molar-refractivity contribution in [2.24, 2.45) is 17.4 Å². The van der Waals surface area contributed by atoms with Gasteiger partial charge in [0.05, 0.1) is 45.2 Å². The number of esters is 1. The van der Waals surface area contributed by atoms with Crippen molar-refractivity contribution in [3.8, 4) is 0 Å². The Morgan fingerprint density at radius 3 is 1.75 bits per heavy atom. The lowest BCUT2D eigenvalue weighted by Gasteiger charge is -2.30.